The van der Waals surface area contributed by atoms with E-state index < -0.39 is 0 Å². The number of aryl methyl sites for hydroxylation is 3. The van der Waals surface area contributed by atoms with Crippen LogP contribution in [0.4, 0.5) is 0 Å². The molecular formula is C21H26ClN5O. The maximum absolute atomic E-state index is 13.4. The molecular weight excluding hydrogens is 374 g/mol. The minimum atomic E-state index is 0. The first-order valence-corrected chi connectivity index (χ1v) is 9.51. The van der Waals surface area contributed by atoms with E-state index >= 15 is 0 Å². The molecule has 3 aromatic rings. The van der Waals surface area contributed by atoms with E-state index in [1.165, 1.54) is 5.56 Å². The number of carbonyl (C=O) groups is 1. The molecule has 7 heteroatoms. The molecule has 1 atom stereocenters. The zero-order chi connectivity index (χ0) is 19.0. The van der Waals surface area contributed by atoms with E-state index in [1.54, 1.807) is 10.7 Å². The molecule has 0 saturated carbocycles. The molecule has 0 radical (unpaired) electrons. The Bertz CT molecular complexity index is 982. The number of piperazine rings is 1. The van der Waals surface area contributed by atoms with Crippen molar-refractivity contribution in [3.05, 3.63) is 64.6 Å². The molecule has 28 heavy (non-hydrogen) atoms. The van der Waals surface area contributed by atoms with Crippen molar-refractivity contribution in [1.82, 2.24) is 24.8 Å². The van der Waals surface area contributed by atoms with Crippen LogP contribution in [0.3, 0.4) is 0 Å². The Kier molecular flexibility index (Phi) is 6.01. The van der Waals surface area contributed by atoms with Gasteiger partial charge in [-0.15, -0.1) is 12.4 Å². The topological polar surface area (TPSA) is 62.5 Å². The predicted octanol–water partition coefficient (Wildman–Crippen LogP) is 3.12. The maximum Gasteiger partial charge on any atom is 0.257 e. The zero-order valence-electron chi connectivity index (χ0n) is 16.5. The molecule has 148 valence electrons. The van der Waals surface area contributed by atoms with Crippen molar-refractivity contribution in [1.29, 1.82) is 0 Å². The number of hydrogen-bond acceptors (Lipinski definition) is 4. The average Bonchev–Trinajstić information content (AvgIpc) is 3.09. The van der Waals surface area contributed by atoms with Gasteiger partial charge in [0.1, 0.15) is 0 Å². The summed E-state index contributed by atoms with van der Waals surface area (Å²) < 4.78 is 1.76. The number of amides is 1. The van der Waals surface area contributed by atoms with Gasteiger partial charge in [0.25, 0.3) is 5.91 Å². The molecule has 1 saturated heterocycles. The summed E-state index contributed by atoms with van der Waals surface area (Å²) in [5.74, 6) is 0.0149. The lowest BCUT2D eigenvalue weighted by Crippen LogP contribution is -2.49. The van der Waals surface area contributed by atoms with Gasteiger partial charge in [-0.2, -0.15) is 5.10 Å². The fourth-order valence-corrected chi connectivity index (χ4v) is 3.75. The number of halogens is 1. The van der Waals surface area contributed by atoms with Gasteiger partial charge in [0, 0.05) is 31.9 Å². The van der Waals surface area contributed by atoms with Crippen molar-refractivity contribution in [2.24, 2.45) is 0 Å². The fourth-order valence-electron chi connectivity index (χ4n) is 3.75. The monoisotopic (exact) mass is 399 g/mol. The highest BCUT2D eigenvalue weighted by Crippen LogP contribution is 2.25. The lowest BCUT2D eigenvalue weighted by atomic mass is 10.00. The summed E-state index contributed by atoms with van der Waals surface area (Å²) in [6.45, 7) is 8.24. The second kappa shape index (κ2) is 8.29. The SMILES string of the molecule is CCc1ccc(C2CNCCN2C(=O)c2cnc3cc(C)nn3c2C)cc1.Cl. The molecule has 0 aliphatic carbocycles. The summed E-state index contributed by atoms with van der Waals surface area (Å²) in [6.07, 6.45) is 2.70. The summed E-state index contributed by atoms with van der Waals surface area (Å²) in [4.78, 5) is 19.8. The van der Waals surface area contributed by atoms with E-state index in [0.717, 1.165) is 42.1 Å². The van der Waals surface area contributed by atoms with Crippen LogP contribution < -0.4 is 5.32 Å². The number of nitrogens with zero attached hydrogens (tertiary/aromatic N) is 4. The van der Waals surface area contributed by atoms with Gasteiger partial charge in [0.15, 0.2) is 5.65 Å². The van der Waals surface area contributed by atoms with Crippen LogP contribution in [0.1, 0.15) is 45.8 Å². The first-order chi connectivity index (χ1) is 13.1. The Labute approximate surface area is 171 Å². The largest absolute Gasteiger partial charge is 0.329 e. The van der Waals surface area contributed by atoms with Crippen molar-refractivity contribution in [3.63, 3.8) is 0 Å². The highest BCUT2D eigenvalue weighted by Gasteiger charge is 2.30. The van der Waals surface area contributed by atoms with Crippen molar-refractivity contribution in [2.45, 2.75) is 33.2 Å². The number of benzene rings is 1. The van der Waals surface area contributed by atoms with E-state index in [1.807, 2.05) is 24.8 Å². The van der Waals surface area contributed by atoms with Gasteiger partial charge in [-0.1, -0.05) is 31.2 Å². The zero-order valence-corrected chi connectivity index (χ0v) is 17.3. The maximum atomic E-state index is 13.4. The molecule has 1 N–H and O–H groups in total. The summed E-state index contributed by atoms with van der Waals surface area (Å²) in [5.41, 5.74) is 5.58. The number of aromatic nitrogens is 3. The standard InChI is InChI=1S/C21H25N5O.ClH/c1-4-16-5-7-17(8-6-16)19-13-22-9-10-25(19)21(27)18-12-23-20-11-14(2)24-26(20)15(18)3;/h5-8,11-12,19,22H,4,9-10,13H2,1-3H3;1H. The van der Waals surface area contributed by atoms with Crippen molar-refractivity contribution < 1.29 is 4.79 Å². The van der Waals surface area contributed by atoms with E-state index in [0.29, 0.717) is 12.1 Å². The molecule has 0 bridgehead atoms. The number of nitrogens with one attached hydrogen (secondary N) is 1. The number of fused-ring (bicyclic) bond motifs is 1. The Morgan fingerprint density at radius 3 is 2.71 bits per heavy atom. The van der Waals surface area contributed by atoms with Crippen LogP contribution in [0.2, 0.25) is 0 Å². The van der Waals surface area contributed by atoms with Crippen molar-refractivity contribution in [3.8, 4) is 0 Å². The third kappa shape index (κ3) is 3.62. The predicted molar refractivity (Wildman–Crippen MR) is 112 cm³/mol. The summed E-state index contributed by atoms with van der Waals surface area (Å²) in [5, 5.41) is 7.89. The average molecular weight is 400 g/mol. The molecule has 1 fully saturated rings. The molecule has 4 rings (SSSR count). The van der Waals surface area contributed by atoms with Gasteiger partial charge in [0.2, 0.25) is 0 Å². The van der Waals surface area contributed by atoms with Gasteiger partial charge in [0.05, 0.1) is 23.0 Å². The summed E-state index contributed by atoms with van der Waals surface area (Å²) >= 11 is 0. The number of hydrogen-bond donors (Lipinski definition) is 1. The van der Waals surface area contributed by atoms with Gasteiger partial charge < -0.3 is 10.2 Å². The molecule has 6 nitrogen and oxygen atoms in total. The molecule has 1 unspecified atom stereocenters. The first-order valence-electron chi connectivity index (χ1n) is 9.51. The van der Waals surface area contributed by atoms with Crippen LogP contribution in [0.15, 0.2) is 36.5 Å². The quantitative estimate of drug-likeness (QED) is 0.735. The third-order valence-electron chi connectivity index (χ3n) is 5.35. The Morgan fingerprint density at radius 1 is 1.25 bits per heavy atom. The number of carbonyl (C=O) groups excluding carboxylic acids is 1. The molecule has 1 aromatic carbocycles. The second-order valence-corrected chi connectivity index (χ2v) is 7.13. The summed E-state index contributed by atoms with van der Waals surface area (Å²) in [7, 11) is 0. The summed E-state index contributed by atoms with van der Waals surface area (Å²) in [6, 6.07) is 10.5. The fraction of sp³-hybridized carbons (Fsp3) is 0.381. The molecule has 3 heterocycles. The second-order valence-electron chi connectivity index (χ2n) is 7.13. The van der Waals surface area contributed by atoms with Crippen LogP contribution in [-0.2, 0) is 6.42 Å². The highest BCUT2D eigenvalue weighted by atomic mass is 35.5. The van der Waals surface area contributed by atoms with Crippen molar-refractivity contribution in [2.75, 3.05) is 19.6 Å². The minimum Gasteiger partial charge on any atom is -0.329 e. The lowest BCUT2D eigenvalue weighted by molar-refractivity contribution is 0.0632. The van der Waals surface area contributed by atoms with E-state index in [-0.39, 0.29) is 24.4 Å². The molecule has 0 spiro atoms. The van der Waals surface area contributed by atoms with E-state index in [4.69, 9.17) is 0 Å². The molecule has 2 aromatic heterocycles. The molecule has 1 aliphatic heterocycles. The van der Waals surface area contributed by atoms with Gasteiger partial charge in [-0.3, -0.25) is 4.79 Å². The highest BCUT2D eigenvalue weighted by molar-refractivity contribution is 5.95. The van der Waals surface area contributed by atoms with Gasteiger partial charge >= 0.3 is 0 Å². The Hall–Kier alpha value is -2.44. The third-order valence-corrected chi connectivity index (χ3v) is 5.35. The first kappa shape index (κ1) is 20.3. The Balaban J connectivity index is 0.00000225. The van der Waals surface area contributed by atoms with Crippen LogP contribution >= 0.6 is 12.4 Å². The van der Waals surface area contributed by atoms with Crippen LogP contribution in [0, 0.1) is 13.8 Å². The molecule has 1 amide bonds. The Morgan fingerprint density at radius 2 is 2.00 bits per heavy atom. The number of rotatable bonds is 3. The van der Waals surface area contributed by atoms with E-state index in [2.05, 4.69) is 46.6 Å². The smallest absolute Gasteiger partial charge is 0.257 e. The normalized spacial score (nSPS) is 16.8. The van der Waals surface area contributed by atoms with Crippen LogP contribution in [0.25, 0.3) is 5.65 Å². The minimum absolute atomic E-state index is 0. The lowest BCUT2D eigenvalue weighted by Gasteiger charge is -2.37. The van der Waals surface area contributed by atoms with E-state index in [9.17, 15) is 4.79 Å². The van der Waals surface area contributed by atoms with Crippen molar-refractivity contribution >= 4 is 24.0 Å². The molecule has 1 aliphatic rings. The van der Waals surface area contributed by atoms with Gasteiger partial charge in [-0.25, -0.2) is 9.50 Å². The van der Waals surface area contributed by atoms with Gasteiger partial charge in [-0.05, 0) is 31.4 Å². The van der Waals surface area contributed by atoms with Crippen LogP contribution in [0.5, 0.6) is 0 Å². The van der Waals surface area contributed by atoms with Crippen LogP contribution in [-0.4, -0.2) is 45.0 Å².